The number of aromatic nitrogens is 1. The lowest BCUT2D eigenvalue weighted by molar-refractivity contribution is -0.124. The van der Waals surface area contributed by atoms with Gasteiger partial charge in [0.25, 0.3) is 0 Å². The molecule has 0 radical (unpaired) electrons. The second kappa shape index (κ2) is 6.74. The molecule has 9 heteroatoms. The predicted octanol–water partition coefficient (Wildman–Crippen LogP) is 2.60. The fraction of sp³-hybridized carbons (Fsp3) is 0.318. The smallest absolute Gasteiger partial charge is 0.346 e. The molecule has 1 saturated carbocycles. The zero-order valence-electron chi connectivity index (χ0n) is 16.8. The van der Waals surface area contributed by atoms with Crippen LogP contribution in [-0.2, 0) is 10.3 Å². The van der Waals surface area contributed by atoms with E-state index in [0.29, 0.717) is 38.5 Å². The van der Waals surface area contributed by atoms with Gasteiger partial charge in [0, 0.05) is 34.0 Å². The average Bonchev–Trinajstić information content (AvgIpc) is 3.10. The fourth-order valence-corrected chi connectivity index (χ4v) is 5.64. The first kappa shape index (κ1) is 19.9. The standard InChI is InChI=1S/C22H22N4O4S/c1-9-11(6-8-14(26-9)30-10-3-2-4-10)22(25)12-5-7-13(23)18-15(12)16(17(24)20(22)27)19(31-18)21(28)29/h5-8,10,17H,2-4,23-25H2,1H3,(H,28,29). The number of thiophene rings is 1. The molecule has 2 unspecified atom stereocenters. The number of nitrogen functional groups attached to an aromatic ring is 1. The van der Waals surface area contributed by atoms with Crippen molar-refractivity contribution in [3.05, 3.63) is 51.5 Å². The van der Waals surface area contributed by atoms with E-state index in [9.17, 15) is 14.7 Å². The van der Waals surface area contributed by atoms with E-state index in [0.717, 1.165) is 30.6 Å². The van der Waals surface area contributed by atoms with E-state index in [-0.39, 0.29) is 16.5 Å². The van der Waals surface area contributed by atoms with Gasteiger partial charge in [-0.15, -0.1) is 11.3 Å². The summed E-state index contributed by atoms with van der Waals surface area (Å²) >= 11 is 1.01. The quantitative estimate of drug-likeness (QED) is 0.453. The number of ether oxygens (including phenoxy) is 1. The minimum Gasteiger partial charge on any atom is -0.477 e. The van der Waals surface area contributed by atoms with Gasteiger partial charge in [-0.1, -0.05) is 6.07 Å². The molecule has 5 rings (SSSR count). The number of carboxylic acid groups (broad SMARTS) is 1. The number of pyridine rings is 1. The zero-order chi connectivity index (χ0) is 22.1. The summed E-state index contributed by atoms with van der Waals surface area (Å²) in [6, 6.07) is 5.60. The van der Waals surface area contributed by atoms with Crippen LogP contribution in [0.25, 0.3) is 10.1 Å². The van der Waals surface area contributed by atoms with E-state index in [1.165, 1.54) is 0 Å². The number of nitrogens with zero attached hydrogens (tertiary/aromatic N) is 1. The van der Waals surface area contributed by atoms with Crippen LogP contribution < -0.4 is 21.9 Å². The highest BCUT2D eigenvalue weighted by Gasteiger charge is 2.49. The summed E-state index contributed by atoms with van der Waals surface area (Å²) in [6.07, 6.45) is 3.34. The Morgan fingerprint density at radius 3 is 2.58 bits per heavy atom. The Kier molecular flexibility index (Phi) is 4.34. The van der Waals surface area contributed by atoms with Gasteiger partial charge in [-0.3, -0.25) is 4.79 Å². The number of carbonyl (C=O) groups is 2. The molecule has 0 spiro atoms. The fourth-order valence-electron chi connectivity index (χ4n) is 4.50. The summed E-state index contributed by atoms with van der Waals surface area (Å²) in [5.41, 5.74) is 19.9. The lowest BCUT2D eigenvalue weighted by atomic mass is 9.70. The maximum Gasteiger partial charge on any atom is 0.346 e. The van der Waals surface area contributed by atoms with Crippen LogP contribution in [0, 0.1) is 6.92 Å². The van der Waals surface area contributed by atoms with Gasteiger partial charge in [0.1, 0.15) is 16.5 Å². The molecule has 31 heavy (non-hydrogen) atoms. The Bertz CT molecular complexity index is 1270. The average molecular weight is 439 g/mol. The Morgan fingerprint density at radius 1 is 1.26 bits per heavy atom. The van der Waals surface area contributed by atoms with Crippen LogP contribution in [0.4, 0.5) is 5.69 Å². The molecule has 2 heterocycles. The number of Topliss-reactive ketones (excluding diaryl/α,β-unsaturated/α-hetero) is 1. The minimum atomic E-state index is -1.58. The topological polar surface area (TPSA) is 155 Å². The highest BCUT2D eigenvalue weighted by Crippen LogP contribution is 2.49. The van der Waals surface area contributed by atoms with Gasteiger partial charge in [0.05, 0.1) is 10.7 Å². The molecule has 0 bridgehead atoms. The molecule has 3 aromatic rings. The third kappa shape index (κ3) is 2.70. The number of nitrogens with two attached hydrogens (primary N) is 3. The maximum atomic E-state index is 13.5. The molecular formula is C22H22N4O4S. The number of aromatic carboxylic acids is 1. The number of benzene rings is 1. The van der Waals surface area contributed by atoms with Crippen molar-refractivity contribution in [1.82, 2.24) is 4.98 Å². The van der Waals surface area contributed by atoms with Crippen molar-refractivity contribution in [2.45, 2.75) is 43.9 Å². The summed E-state index contributed by atoms with van der Waals surface area (Å²) in [6.45, 7) is 1.77. The zero-order valence-corrected chi connectivity index (χ0v) is 17.7. The Balaban J connectivity index is 1.72. The van der Waals surface area contributed by atoms with E-state index < -0.39 is 23.3 Å². The number of anilines is 1. The number of hydrogen-bond acceptors (Lipinski definition) is 8. The van der Waals surface area contributed by atoms with Crippen LogP contribution in [-0.4, -0.2) is 27.9 Å². The Morgan fingerprint density at radius 2 is 1.97 bits per heavy atom. The third-order valence-corrected chi connectivity index (χ3v) is 7.57. The number of carbonyl (C=O) groups excluding carboxylic acids is 1. The molecule has 2 aliphatic carbocycles. The van der Waals surface area contributed by atoms with Crippen LogP contribution in [0.1, 0.15) is 57.4 Å². The minimum absolute atomic E-state index is 0.0103. The van der Waals surface area contributed by atoms with E-state index in [1.54, 1.807) is 31.2 Å². The third-order valence-electron chi connectivity index (χ3n) is 6.33. The molecule has 1 fully saturated rings. The van der Waals surface area contributed by atoms with E-state index in [2.05, 4.69) is 4.98 Å². The van der Waals surface area contributed by atoms with Crippen molar-refractivity contribution in [1.29, 1.82) is 0 Å². The first-order valence-electron chi connectivity index (χ1n) is 10.1. The summed E-state index contributed by atoms with van der Waals surface area (Å²) < 4.78 is 6.44. The lowest BCUT2D eigenvalue weighted by Crippen LogP contribution is -2.53. The second-order valence-corrected chi connectivity index (χ2v) is 9.18. The van der Waals surface area contributed by atoms with Crippen molar-refractivity contribution in [2.75, 3.05) is 5.73 Å². The maximum absolute atomic E-state index is 13.5. The monoisotopic (exact) mass is 438 g/mol. The van der Waals surface area contributed by atoms with Crippen LogP contribution in [0.2, 0.25) is 0 Å². The molecule has 1 aromatic carbocycles. The Hall–Kier alpha value is -3.01. The SMILES string of the molecule is Cc1nc(OC2CCC2)ccc1C1(N)C(=O)C(N)c2c(C(=O)O)sc3c(N)ccc1c23. The summed E-state index contributed by atoms with van der Waals surface area (Å²) in [7, 11) is 0. The largest absolute Gasteiger partial charge is 0.477 e. The first-order valence-corrected chi connectivity index (χ1v) is 10.9. The molecule has 2 aliphatic rings. The molecule has 2 atom stereocenters. The number of ketones is 1. The molecule has 0 saturated heterocycles. The molecule has 0 aliphatic heterocycles. The second-order valence-electron chi connectivity index (χ2n) is 8.16. The molecular weight excluding hydrogens is 416 g/mol. The van der Waals surface area contributed by atoms with Gasteiger partial charge in [-0.2, -0.15) is 0 Å². The van der Waals surface area contributed by atoms with Gasteiger partial charge in [0.2, 0.25) is 5.88 Å². The van der Waals surface area contributed by atoms with Gasteiger partial charge >= 0.3 is 5.97 Å². The summed E-state index contributed by atoms with van der Waals surface area (Å²) in [5.74, 6) is -1.14. The highest BCUT2D eigenvalue weighted by atomic mass is 32.1. The van der Waals surface area contributed by atoms with Gasteiger partial charge < -0.3 is 27.0 Å². The van der Waals surface area contributed by atoms with Crippen LogP contribution in [0.15, 0.2) is 24.3 Å². The van der Waals surface area contributed by atoms with E-state index in [4.69, 9.17) is 21.9 Å². The molecule has 7 N–H and O–H groups in total. The van der Waals surface area contributed by atoms with Crippen LogP contribution in [0.5, 0.6) is 5.88 Å². The normalized spacial score (nSPS) is 23.1. The molecule has 2 aromatic heterocycles. The highest BCUT2D eigenvalue weighted by molar-refractivity contribution is 7.21. The molecule has 0 amide bonds. The van der Waals surface area contributed by atoms with Crippen LogP contribution in [0.3, 0.4) is 0 Å². The van der Waals surface area contributed by atoms with Crippen LogP contribution >= 0.6 is 11.3 Å². The predicted molar refractivity (Wildman–Crippen MR) is 117 cm³/mol. The summed E-state index contributed by atoms with van der Waals surface area (Å²) in [4.78, 5) is 29.9. The first-order chi connectivity index (χ1) is 14.7. The molecule has 8 nitrogen and oxygen atoms in total. The van der Waals surface area contributed by atoms with Gasteiger partial charge in [-0.05, 0) is 43.9 Å². The van der Waals surface area contributed by atoms with Gasteiger partial charge in [-0.25, -0.2) is 9.78 Å². The van der Waals surface area contributed by atoms with Gasteiger partial charge in [0.15, 0.2) is 5.78 Å². The Labute approximate surface area is 182 Å². The number of carboxylic acids is 1. The number of aryl methyl sites for hydroxylation is 1. The van der Waals surface area contributed by atoms with Crippen molar-refractivity contribution in [3.63, 3.8) is 0 Å². The van der Waals surface area contributed by atoms with Crippen molar-refractivity contribution < 1.29 is 19.4 Å². The lowest BCUT2D eigenvalue weighted by Gasteiger charge is -2.37. The van der Waals surface area contributed by atoms with E-state index in [1.807, 2.05) is 0 Å². The number of hydrogen-bond donors (Lipinski definition) is 4. The van der Waals surface area contributed by atoms with Crippen molar-refractivity contribution in [2.24, 2.45) is 11.5 Å². The molecule has 160 valence electrons. The summed E-state index contributed by atoms with van der Waals surface area (Å²) in [5, 5.41) is 10.2. The van der Waals surface area contributed by atoms with Crippen molar-refractivity contribution in [3.8, 4) is 5.88 Å². The van der Waals surface area contributed by atoms with E-state index >= 15 is 0 Å². The number of rotatable bonds is 4. The van der Waals surface area contributed by atoms with Crippen molar-refractivity contribution >= 4 is 38.9 Å².